The fourth-order valence-electron chi connectivity index (χ4n) is 2.40. The van der Waals surface area contributed by atoms with Crippen molar-refractivity contribution >= 4 is 51.2 Å². The van der Waals surface area contributed by atoms with E-state index < -0.39 is 0 Å². The summed E-state index contributed by atoms with van der Waals surface area (Å²) in [6.45, 7) is 2.90. The van der Waals surface area contributed by atoms with Gasteiger partial charge in [0.2, 0.25) is 0 Å². The van der Waals surface area contributed by atoms with Gasteiger partial charge in [0.15, 0.2) is 0 Å². The zero-order chi connectivity index (χ0) is 18.8. The van der Waals surface area contributed by atoms with Crippen molar-refractivity contribution < 1.29 is 0 Å². The molecule has 0 saturated carbocycles. The maximum Gasteiger partial charge on any atom is 0.0488 e. The molecule has 0 radical (unpaired) electrons. The van der Waals surface area contributed by atoms with Crippen LogP contribution in [0.4, 0.5) is 5.69 Å². The predicted octanol–water partition coefficient (Wildman–Crippen LogP) is 6.07. The van der Waals surface area contributed by atoms with Gasteiger partial charge < -0.3 is 4.90 Å². The Hall–Kier alpha value is -1.91. The van der Waals surface area contributed by atoms with Crippen LogP contribution < -0.4 is 4.90 Å². The molecule has 0 aliphatic carbocycles. The number of aliphatic imine (C=N–C) groups is 1. The molecule has 0 bridgehead atoms. The van der Waals surface area contributed by atoms with Crippen molar-refractivity contribution in [3.63, 3.8) is 0 Å². The number of hydrogen-bond acceptors (Lipinski definition) is 4. The first kappa shape index (κ1) is 20.4. The fourth-order valence-corrected chi connectivity index (χ4v) is 2.83. The van der Waals surface area contributed by atoms with Gasteiger partial charge in [-0.1, -0.05) is 58.9 Å². The Balaban J connectivity index is 2.00. The molecule has 0 amide bonds. The Morgan fingerprint density at radius 2 is 1.88 bits per heavy atom. The van der Waals surface area contributed by atoms with Crippen molar-refractivity contribution in [3.05, 3.63) is 71.8 Å². The van der Waals surface area contributed by atoms with E-state index >= 15 is 0 Å². The van der Waals surface area contributed by atoms with Crippen LogP contribution in [0.5, 0.6) is 0 Å². The third kappa shape index (κ3) is 6.77. The zero-order valence-electron chi connectivity index (χ0n) is 15.6. The lowest BCUT2D eigenvalue weighted by molar-refractivity contribution is 1.14. The highest BCUT2D eigenvalue weighted by molar-refractivity contribution is 8.68. The van der Waals surface area contributed by atoms with Crippen LogP contribution in [0.3, 0.4) is 0 Å². The summed E-state index contributed by atoms with van der Waals surface area (Å²) in [6, 6.07) is 13.1. The molecule has 0 N–H and O–H groups in total. The van der Waals surface area contributed by atoms with Crippen LogP contribution in [-0.2, 0) is 0 Å². The van der Waals surface area contributed by atoms with Crippen molar-refractivity contribution in [2.75, 3.05) is 31.3 Å². The van der Waals surface area contributed by atoms with Gasteiger partial charge in [0.1, 0.15) is 0 Å². The second-order valence-corrected chi connectivity index (χ2v) is 7.64. The van der Waals surface area contributed by atoms with Crippen LogP contribution >= 0.6 is 22.5 Å². The Labute approximate surface area is 166 Å². The molecule has 0 aliphatic heterocycles. The van der Waals surface area contributed by atoms with Crippen LogP contribution in [0.2, 0.25) is 0 Å². The number of hydrogen-bond donors (Lipinski definition) is 1. The summed E-state index contributed by atoms with van der Waals surface area (Å²) >= 11 is 4.08. The number of benzene rings is 2. The Kier molecular flexibility index (Phi) is 8.59. The molecule has 0 aliphatic rings. The number of anilines is 1. The second kappa shape index (κ2) is 10.9. The minimum atomic E-state index is 0.805. The third-order valence-electron chi connectivity index (χ3n) is 3.88. The first-order chi connectivity index (χ1) is 12.6. The van der Waals surface area contributed by atoms with Crippen molar-refractivity contribution in [1.29, 1.82) is 0 Å². The van der Waals surface area contributed by atoms with Gasteiger partial charge in [-0.2, -0.15) is 0 Å². The van der Waals surface area contributed by atoms with E-state index in [0.29, 0.717) is 0 Å². The molecule has 26 heavy (non-hydrogen) atoms. The zero-order valence-corrected chi connectivity index (χ0v) is 17.3. The van der Waals surface area contributed by atoms with Crippen molar-refractivity contribution in [3.8, 4) is 0 Å². The minimum absolute atomic E-state index is 0.805. The molecule has 0 fully saturated rings. The summed E-state index contributed by atoms with van der Waals surface area (Å²) in [5.41, 5.74) is 3.63. The van der Waals surface area contributed by atoms with E-state index in [9.17, 15) is 0 Å². The number of rotatable bonds is 8. The second-order valence-electron chi connectivity index (χ2n) is 6.20. The van der Waals surface area contributed by atoms with Crippen molar-refractivity contribution in [2.24, 2.45) is 4.99 Å². The number of fused-ring (bicyclic) bond motifs is 1. The van der Waals surface area contributed by atoms with Gasteiger partial charge in [0, 0.05) is 38.3 Å². The van der Waals surface area contributed by atoms with Crippen LogP contribution in [-0.4, -0.2) is 32.6 Å². The maximum atomic E-state index is 4.27. The van der Waals surface area contributed by atoms with Gasteiger partial charge in [0.25, 0.3) is 0 Å². The number of thiol groups is 1. The van der Waals surface area contributed by atoms with E-state index in [4.69, 9.17) is 0 Å². The molecule has 2 nitrogen and oxygen atoms in total. The van der Waals surface area contributed by atoms with Crippen LogP contribution in [0, 0.1) is 0 Å². The summed E-state index contributed by atoms with van der Waals surface area (Å²) in [7, 11) is 5.64. The van der Waals surface area contributed by atoms with E-state index in [0.717, 1.165) is 12.3 Å². The molecule has 0 atom stereocenters. The highest BCUT2D eigenvalue weighted by Gasteiger charge is 1.99. The molecule has 136 valence electrons. The summed E-state index contributed by atoms with van der Waals surface area (Å²) in [4.78, 5) is 6.39. The van der Waals surface area contributed by atoms with Crippen LogP contribution in [0.15, 0.2) is 71.3 Å². The van der Waals surface area contributed by atoms with Crippen molar-refractivity contribution in [1.82, 2.24) is 0 Å². The Morgan fingerprint density at radius 1 is 1.12 bits per heavy atom. The average molecular weight is 383 g/mol. The SMILES string of the molecule is CC(/C=C/c1ccc2cc(N(C)C)ccc2c1)=C\C=C/C=N/CCSS. The minimum Gasteiger partial charge on any atom is -0.378 e. The summed E-state index contributed by atoms with van der Waals surface area (Å²) in [6.07, 6.45) is 12.2. The van der Waals surface area contributed by atoms with Crippen molar-refractivity contribution in [2.45, 2.75) is 6.92 Å². The highest BCUT2D eigenvalue weighted by atomic mass is 33.1. The maximum absolute atomic E-state index is 4.27. The lowest BCUT2D eigenvalue weighted by atomic mass is 10.1. The number of allylic oxidation sites excluding steroid dienone is 5. The van der Waals surface area contributed by atoms with Gasteiger partial charge in [-0.3, -0.25) is 4.99 Å². The fraction of sp³-hybridized carbons (Fsp3) is 0.227. The Bertz CT molecular complexity index is 833. The molecule has 2 rings (SSSR count). The topological polar surface area (TPSA) is 15.6 Å². The van der Waals surface area contributed by atoms with Crippen LogP contribution in [0.1, 0.15) is 12.5 Å². The normalized spacial score (nSPS) is 12.8. The molecule has 0 aromatic heterocycles. The standard InChI is InChI=1S/C22H26N2S2/c1-18(6-4-5-13-23-14-15-26-25)7-8-19-9-10-21-17-22(24(2)3)12-11-20(21)16-19/h4-13,16-17,25H,14-15H2,1-3H3/b5-4-,8-7+,18-6+,23-13+. The Morgan fingerprint density at radius 3 is 2.65 bits per heavy atom. The summed E-state index contributed by atoms with van der Waals surface area (Å²) in [5.74, 6) is 0.938. The van der Waals surface area contributed by atoms with E-state index in [1.807, 2.05) is 18.4 Å². The molecule has 0 saturated heterocycles. The third-order valence-corrected chi connectivity index (χ3v) is 4.79. The molecule has 2 aromatic rings. The smallest absolute Gasteiger partial charge is 0.0488 e. The summed E-state index contributed by atoms with van der Waals surface area (Å²) < 4.78 is 0. The van der Waals surface area contributed by atoms with Gasteiger partial charge >= 0.3 is 0 Å². The largest absolute Gasteiger partial charge is 0.378 e. The van der Waals surface area contributed by atoms with Gasteiger partial charge in [-0.15, -0.1) is 11.7 Å². The molecule has 2 aromatic carbocycles. The van der Waals surface area contributed by atoms with Gasteiger partial charge in [-0.25, -0.2) is 0 Å². The lowest BCUT2D eigenvalue weighted by Gasteiger charge is -2.13. The highest BCUT2D eigenvalue weighted by Crippen LogP contribution is 2.22. The van der Waals surface area contributed by atoms with E-state index in [-0.39, 0.29) is 0 Å². The van der Waals surface area contributed by atoms with Gasteiger partial charge in [-0.05, 0) is 47.5 Å². The monoisotopic (exact) mass is 382 g/mol. The van der Waals surface area contributed by atoms with Gasteiger partial charge in [0.05, 0.1) is 0 Å². The lowest BCUT2D eigenvalue weighted by Crippen LogP contribution is -2.07. The number of nitrogens with zero attached hydrogens (tertiary/aromatic N) is 2. The van der Waals surface area contributed by atoms with Crippen LogP contribution in [0.25, 0.3) is 16.8 Å². The first-order valence-corrected chi connectivity index (χ1v) is 10.6. The van der Waals surface area contributed by atoms with E-state index in [1.54, 1.807) is 0 Å². The molecular formula is C22H26N2S2. The first-order valence-electron chi connectivity index (χ1n) is 8.59. The molecule has 0 heterocycles. The molecule has 4 heteroatoms. The predicted molar refractivity (Wildman–Crippen MR) is 125 cm³/mol. The quantitative estimate of drug-likeness (QED) is 0.196. The van der Waals surface area contributed by atoms with E-state index in [2.05, 4.69) is 97.2 Å². The molecule has 0 unspecified atom stereocenters. The molecule has 0 spiro atoms. The molecular weight excluding hydrogens is 356 g/mol. The van der Waals surface area contributed by atoms with E-state index in [1.165, 1.54) is 38.4 Å². The average Bonchev–Trinajstić information content (AvgIpc) is 2.65. The summed E-state index contributed by atoms with van der Waals surface area (Å²) in [5, 5.41) is 2.52.